The van der Waals surface area contributed by atoms with Gasteiger partial charge in [-0.1, -0.05) is 30.3 Å². The normalized spacial score (nSPS) is 26.0. The van der Waals surface area contributed by atoms with E-state index in [0.717, 1.165) is 45.2 Å². The molecule has 1 N–H and O–H groups in total. The van der Waals surface area contributed by atoms with E-state index in [1.54, 1.807) is 0 Å². The van der Waals surface area contributed by atoms with Crippen LogP contribution in [0.5, 0.6) is 0 Å². The van der Waals surface area contributed by atoms with Gasteiger partial charge in [-0.05, 0) is 37.8 Å². The van der Waals surface area contributed by atoms with Crippen molar-refractivity contribution in [2.45, 2.75) is 51.0 Å². The maximum absolute atomic E-state index is 12.4. The first-order valence-electron chi connectivity index (χ1n) is 8.18. The van der Waals surface area contributed by atoms with Crippen molar-refractivity contribution in [2.75, 3.05) is 13.2 Å². The zero-order chi connectivity index (χ0) is 15.2. The first-order chi connectivity index (χ1) is 10.8. The van der Waals surface area contributed by atoms with Crippen LogP contribution in [0.15, 0.2) is 30.3 Å². The van der Waals surface area contributed by atoms with E-state index in [1.165, 1.54) is 5.56 Å². The van der Waals surface area contributed by atoms with E-state index in [0.29, 0.717) is 6.61 Å². The summed E-state index contributed by atoms with van der Waals surface area (Å²) in [4.78, 5) is 20.0. The Balaban J connectivity index is 1.50. The van der Waals surface area contributed by atoms with Gasteiger partial charge in [0.15, 0.2) is 6.29 Å². The van der Waals surface area contributed by atoms with E-state index in [-0.39, 0.29) is 18.2 Å². The van der Waals surface area contributed by atoms with Crippen LogP contribution in [0, 0.1) is 0 Å². The van der Waals surface area contributed by atoms with E-state index in [1.807, 2.05) is 18.2 Å². The third-order valence-electron chi connectivity index (χ3n) is 4.32. The molecular formula is C17H24N2O3. The Hall–Kier alpha value is -1.43. The fourth-order valence-electron chi connectivity index (χ4n) is 3.13. The average molecular weight is 304 g/mol. The molecule has 1 amide bonds. The van der Waals surface area contributed by atoms with Gasteiger partial charge in [0.25, 0.3) is 5.91 Å². The fraction of sp³-hybridized carbons (Fsp3) is 0.588. The number of amides is 1. The molecule has 2 heterocycles. The first kappa shape index (κ1) is 15.5. The molecule has 0 radical (unpaired) electrons. The third-order valence-corrected chi connectivity index (χ3v) is 4.32. The Labute approximate surface area is 131 Å². The molecule has 0 aliphatic carbocycles. The van der Waals surface area contributed by atoms with E-state index >= 15 is 0 Å². The number of likely N-dealkylation sites (tertiary alicyclic amines) is 1. The number of ether oxygens (including phenoxy) is 1. The van der Waals surface area contributed by atoms with E-state index in [2.05, 4.69) is 22.5 Å². The maximum atomic E-state index is 12.4. The number of hydrogen-bond donors (Lipinski definition) is 1. The van der Waals surface area contributed by atoms with Crippen molar-refractivity contribution in [3.05, 3.63) is 35.9 Å². The molecule has 2 unspecified atom stereocenters. The van der Waals surface area contributed by atoms with Crippen LogP contribution in [-0.2, 0) is 20.9 Å². The van der Waals surface area contributed by atoms with Gasteiger partial charge in [-0.15, -0.1) is 0 Å². The summed E-state index contributed by atoms with van der Waals surface area (Å²) < 4.78 is 5.46. The molecule has 0 saturated carbocycles. The predicted molar refractivity (Wildman–Crippen MR) is 82.7 cm³/mol. The van der Waals surface area contributed by atoms with Gasteiger partial charge in [-0.25, -0.2) is 10.3 Å². The molecule has 1 aromatic rings. The van der Waals surface area contributed by atoms with Crippen LogP contribution in [0.2, 0.25) is 0 Å². The molecule has 5 heteroatoms. The van der Waals surface area contributed by atoms with Gasteiger partial charge < -0.3 is 4.74 Å². The molecule has 1 aromatic carbocycles. The molecule has 22 heavy (non-hydrogen) atoms. The minimum atomic E-state index is -0.290. The van der Waals surface area contributed by atoms with Crippen LogP contribution >= 0.6 is 0 Å². The van der Waals surface area contributed by atoms with Crippen LogP contribution in [-0.4, -0.2) is 36.3 Å². The zero-order valence-electron chi connectivity index (χ0n) is 12.9. The standard InChI is InChI=1S/C17H24N2O3/c20-17(18-22-16-10-4-5-12-21-16)15-9-6-11-19(15)13-14-7-2-1-3-8-14/h1-3,7-8,15-16H,4-6,9-13H2,(H,18,20). The van der Waals surface area contributed by atoms with Crippen LogP contribution in [0.4, 0.5) is 0 Å². The van der Waals surface area contributed by atoms with Gasteiger partial charge in [0.2, 0.25) is 0 Å². The number of nitrogens with one attached hydrogen (secondary N) is 1. The van der Waals surface area contributed by atoms with Gasteiger partial charge in [0.05, 0.1) is 6.04 Å². The quantitative estimate of drug-likeness (QED) is 0.848. The number of hydroxylamine groups is 1. The van der Waals surface area contributed by atoms with Crippen molar-refractivity contribution in [3.8, 4) is 0 Å². The van der Waals surface area contributed by atoms with Gasteiger partial charge in [-0.3, -0.25) is 9.69 Å². The number of carbonyl (C=O) groups is 1. The second-order valence-electron chi connectivity index (χ2n) is 5.99. The van der Waals surface area contributed by atoms with Crippen LogP contribution in [0.25, 0.3) is 0 Å². The highest BCUT2D eigenvalue weighted by molar-refractivity contribution is 5.81. The van der Waals surface area contributed by atoms with Crippen molar-refractivity contribution >= 4 is 5.91 Å². The Kier molecular flexibility index (Phi) is 5.43. The number of hydrogen-bond acceptors (Lipinski definition) is 4. The fourth-order valence-corrected chi connectivity index (χ4v) is 3.13. The van der Waals surface area contributed by atoms with E-state index < -0.39 is 0 Å². The summed E-state index contributed by atoms with van der Waals surface area (Å²) in [6.45, 7) is 2.47. The van der Waals surface area contributed by atoms with Crippen molar-refractivity contribution in [3.63, 3.8) is 0 Å². The zero-order valence-corrected chi connectivity index (χ0v) is 12.9. The average Bonchev–Trinajstić information content (AvgIpc) is 3.03. The molecule has 0 spiro atoms. The summed E-state index contributed by atoms with van der Waals surface area (Å²) in [5.41, 5.74) is 3.84. The second-order valence-corrected chi connectivity index (χ2v) is 5.99. The molecule has 120 valence electrons. The highest BCUT2D eigenvalue weighted by Gasteiger charge is 2.31. The lowest BCUT2D eigenvalue weighted by Crippen LogP contribution is -2.44. The lowest BCUT2D eigenvalue weighted by atomic mass is 10.2. The van der Waals surface area contributed by atoms with Gasteiger partial charge in [-0.2, -0.15) is 0 Å². The lowest BCUT2D eigenvalue weighted by Gasteiger charge is -2.26. The second kappa shape index (κ2) is 7.72. The summed E-state index contributed by atoms with van der Waals surface area (Å²) in [5, 5.41) is 0. The smallest absolute Gasteiger partial charge is 0.260 e. The van der Waals surface area contributed by atoms with Crippen LogP contribution < -0.4 is 5.48 Å². The van der Waals surface area contributed by atoms with Crippen molar-refractivity contribution in [1.29, 1.82) is 0 Å². The molecule has 2 atom stereocenters. The summed E-state index contributed by atoms with van der Waals surface area (Å²) in [5.74, 6) is -0.0531. The molecule has 0 bridgehead atoms. The third kappa shape index (κ3) is 4.06. The molecule has 2 aliphatic heterocycles. The summed E-state index contributed by atoms with van der Waals surface area (Å²) in [6.07, 6.45) is 4.64. The Morgan fingerprint density at radius 3 is 2.86 bits per heavy atom. The van der Waals surface area contributed by atoms with E-state index in [4.69, 9.17) is 9.57 Å². The predicted octanol–water partition coefficient (Wildman–Crippen LogP) is 2.23. The molecule has 3 rings (SSSR count). The molecule has 2 aliphatic rings. The number of nitrogens with zero attached hydrogens (tertiary/aromatic N) is 1. The first-order valence-corrected chi connectivity index (χ1v) is 8.18. The number of carbonyl (C=O) groups excluding carboxylic acids is 1. The molecule has 2 fully saturated rings. The Bertz CT molecular complexity index is 474. The minimum absolute atomic E-state index is 0.0531. The van der Waals surface area contributed by atoms with Gasteiger partial charge in [0.1, 0.15) is 0 Å². The highest BCUT2D eigenvalue weighted by atomic mass is 16.8. The Morgan fingerprint density at radius 1 is 1.23 bits per heavy atom. The molecule has 0 aromatic heterocycles. The van der Waals surface area contributed by atoms with Gasteiger partial charge in [0, 0.05) is 19.6 Å². The largest absolute Gasteiger partial charge is 0.350 e. The maximum Gasteiger partial charge on any atom is 0.260 e. The highest BCUT2D eigenvalue weighted by Crippen LogP contribution is 2.20. The lowest BCUT2D eigenvalue weighted by molar-refractivity contribution is -0.202. The summed E-state index contributed by atoms with van der Waals surface area (Å²) >= 11 is 0. The molecule has 5 nitrogen and oxygen atoms in total. The van der Waals surface area contributed by atoms with Crippen molar-refractivity contribution in [2.24, 2.45) is 0 Å². The number of rotatable bonds is 5. The van der Waals surface area contributed by atoms with Crippen LogP contribution in [0.1, 0.15) is 37.7 Å². The SMILES string of the molecule is O=C(NOC1CCCCO1)C1CCCN1Cc1ccccc1. The van der Waals surface area contributed by atoms with Gasteiger partial charge >= 0.3 is 0 Å². The summed E-state index contributed by atoms with van der Waals surface area (Å²) in [6, 6.07) is 10.2. The summed E-state index contributed by atoms with van der Waals surface area (Å²) in [7, 11) is 0. The van der Waals surface area contributed by atoms with Crippen LogP contribution in [0.3, 0.4) is 0 Å². The van der Waals surface area contributed by atoms with Crippen molar-refractivity contribution < 1.29 is 14.4 Å². The van der Waals surface area contributed by atoms with E-state index in [9.17, 15) is 4.79 Å². The van der Waals surface area contributed by atoms with Crippen molar-refractivity contribution in [1.82, 2.24) is 10.4 Å². The minimum Gasteiger partial charge on any atom is -0.350 e. The molecular weight excluding hydrogens is 280 g/mol. The number of benzene rings is 1. The Morgan fingerprint density at radius 2 is 2.09 bits per heavy atom. The molecule has 2 saturated heterocycles. The monoisotopic (exact) mass is 304 g/mol. The topological polar surface area (TPSA) is 50.8 Å².